The third kappa shape index (κ3) is 3.46. The fourth-order valence-electron chi connectivity index (χ4n) is 3.29. The van der Waals surface area contributed by atoms with Crippen molar-refractivity contribution in [2.45, 2.75) is 51.7 Å². The van der Waals surface area contributed by atoms with Gasteiger partial charge in [-0.15, -0.1) is 0 Å². The number of urea groups is 1. The predicted octanol–water partition coefficient (Wildman–Crippen LogP) is 1.68. The van der Waals surface area contributed by atoms with Crippen molar-refractivity contribution in [2.75, 3.05) is 6.54 Å². The summed E-state index contributed by atoms with van der Waals surface area (Å²) in [4.78, 5) is 12.1. The lowest BCUT2D eigenvalue weighted by Gasteiger charge is -2.26. The Labute approximate surface area is 140 Å². The summed E-state index contributed by atoms with van der Waals surface area (Å²) >= 11 is 0. The number of nitrogens with zero attached hydrogens (tertiary/aromatic N) is 1. The number of amides is 2. The third-order valence-corrected chi connectivity index (χ3v) is 4.57. The molecule has 4 N–H and O–H groups in total. The van der Waals surface area contributed by atoms with Crippen LogP contribution >= 0.6 is 0 Å². The summed E-state index contributed by atoms with van der Waals surface area (Å²) in [6, 6.07) is 1.61. The summed E-state index contributed by atoms with van der Waals surface area (Å²) in [6.07, 6.45) is 4.34. The van der Waals surface area contributed by atoms with E-state index in [2.05, 4.69) is 20.8 Å². The summed E-state index contributed by atoms with van der Waals surface area (Å²) in [6.45, 7) is 5.42. The van der Waals surface area contributed by atoms with E-state index in [0.29, 0.717) is 11.3 Å². The highest BCUT2D eigenvalue weighted by Crippen LogP contribution is 2.26. The Morgan fingerprint density at radius 3 is 3.04 bits per heavy atom. The average Bonchev–Trinajstić information content (AvgIpc) is 3.11. The van der Waals surface area contributed by atoms with Gasteiger partial charge in [-0.25, -0.2) is 4.79 Å². The Kier molecular flexibility index (Phi) is 4.36. The smallest absolute Gasteiger partial charge is 0.315 e. The minimum atomic E-state index is -1.18. The normalized spacial score (nSPS) is 19.4. The zero-order chi connectivity index (χ0) is 17.3. The van der Waals surface area contributed by atoms with Crippen LogP contribution in [0.3, 0.4) is 0 Å². The van der Waals surface area contributed by atoms with Gasteiger partial charge in [-0.05, 0) is 51.7 Å². The molecule has 1 aliphatic rings. The number of furan rings is 1. The van der Waals surface area contributed by atoms with Crippen molar-refractivity contribution in [1.82, 2.24) is 20.8 Å². The molecule has 2 aromatic heterocycles. The number of carbonyl (C=O) groups is 1. The van der Waals surface area contributed by atoms with Crippen LogP contribution in [0, 0.1) is 13.8 Å². The van der Waals surface area contributed by atoms with Gasteiger partial charge in [-0.1, -0.05) is 0 Å². The van der Waals surface area contributed by atoms with E-state index < -0.39 is 5.60 Å². The van der Waals surface area contributed by atoms with Crippen LogP contribution in [0.15, 0.2) is 16.7 Å². The summed E-state index contributed by atoms with van der Waals surface area (Å²) in [5.74, 6) is 1.41. The van der Waals surface area contributed by atoms with E-state index in [9.17, 15) is 9.90 Å². The molecule has 2 unspecified atom stereocenters. The lowest BCUT2D eigenvalue weighted by Crippen LogP contribution is -2.48. The largest absolute Gasteiger partial charge is 0.466 e. The van der Waals surface area contributed by atoms with Gasteiger partial charge in [0.15, 0.2) is 0 Å². The number of carbonyl (C=O) groups excluding carboxylic acids is 1. The molecule has 0 aromatic carbocycles. The van der Waals surface area contributed by atoms with Gasteiger partial charge in [-0.3, -0.25) is 5.10 Å². The van der Waals surface area contributed by atoms with E-state index in [1.807, 2.05) is 13.1 Å². The van der Waals surface area contributed by atoms with Gasteiger partial charge in [0.2, 0.25) is 0 Å². The number of hydrogen-bond acceptors (Lipinski definition) is 4. The van der Waals surface area contributed by atoms with Crippen LogP contribution in [0.2, 0.25) is 0 Å². The van der Waals surface area contributed by atoms with Crippen molar-refractivity contribution in [2.24, 2.45) is 0 Å². The molecule has 130 valence electrons. The number of aryl methyl sites for hydroxylation is 3. The van der Waals surface area contributed by atoms with Crippen molar-refractivity contribution < 1.29 is 14.3 Å². The minimum Gasteiger partial charge on any atom is -0.466 e. The molecule has 0 bridgehead atoms. The standard InChI is InChI=1S/C17H24N4O3/c1-10-6-14(11(2)24-10)17(3,23)9-18-16(22)20-13-4-5-15-12(7-13)8-19-21-15/h6,8,13,23H,4-5,7,9H2,1-3H3,(H,19,21)(H2,18,20,22). The van der Waals surface area contributed by atoms with Crippen LogP contribution in [-0.4, -0.2) is 33.9 Å². The second kappa shape index (κ2) is 6.32. The number of nitrogens with one attached hydrogen (secondary N) is 3. The van der Waals surface area contributed by atoms with Gasteiger partial charge in [0.25, 0.3) is 0 Å². The fourth-order valence-corrected chi connectivity index (χ4v) is 3.29. The molecule has 0 aliphatic heterocycles. The molecule has 1 aliphatic carbocycles. The molecule has 7 nitrogen and oxygen atoms in total. The zero-order valence-electron chi connectivity index (χ0n) is 14.3. The first-order valence-corrected chi connectivity index (χ1v) is 8.20. The molecular formula is C17H24N4O3. The van der Waals surface area contributed by atoms with Gasteiger partial charge in [0.1, 0.15) is 17.1 Å². The monoisotopic (exact) mass is 332 g/mol. The number of H-pyrrole nitrogens is 1. The molecule has 3 rings (SSSR count). The van der Waals surface area contributed by atoms with Crippen LogP contribution < -0.4 is 10.6 Å². The van der Waals surface area contributed by atoms with E-state index >= 15 is 0 Å². The Balaban J connectivity index is 1.53. The van der Waals surface area contributed by atoms with Crippen molar-refractivity contribution in [3.63, 3.8) is 0 Å². The molecule has 2 atom stereocenters. The molecule has 0 saturated heterocycles. The molecule has 7 heteroatoms. The number of aromatic amines is 1. The molecule has 0 saturated carbocycles. The van der Waals surface area contributed by atoms with Gasteiger partial charge >= 0.3 is 6.03 Å². The second-order valence-corrected chi connectivity index (χ2v) is 6.74. The van der Waals surface area contributed by atoms with Gasteiger partial charge in [0, 0.05) is 17.3 Å². The number of fused-ring (bicyclic) bond motifs is 1. The van der Waals surface area contributed by atoms with E-state index in [1.165, 1.54) is 0 Å². The van der Waals surface area contributed by atoms with Crippen LogP contribution in [0.5, 0.6) is 0 Å². The number of aliphatic hydroxyl groups is 1. The summed E-state index contributed by atoms with van der Waals surface area (Å²) < 4.78 is 5.46. The Morgan fingerprint density at radius 1 is 1.54 bits per heavy atom. The molecule has 0 spiro atoms. The fraction of sp³-hybridized carbons (Fsp3) is 0.529. The van der Waals surface area contributed by atoms with Gasteiger partial charge in [-0.2, -0.15) is 5.10 Å². The molecule has 2 heterocycles. The maximum atomic E-state index is 12.1. The second-order valence-electron chi connectivity index (χ2n) is 6.74. The van der Waals surface area contributed by atoms with Crippen molar-refractivity contribution >= 4 is 6.03 Å². The third-order valence-electron chi connectivity index (χ3n) is 4.57. The molecule has 2 aromatic rings. The zero-order valence-corrected chi connectivity index (χ0v) is 14.3. The van der Waals surface area contributed by atoms with E-state index in [0.717, 1.165) is 36.3 Å². The quantitative estimate of drug-likeness (QED) is 0.684. The first-order valence-electron chi connectivity index (χ1n) is 8.20. The topological polar surface area (TPSA) is 103 Å². The first-order chi connectivity index (χ1) is 11.3. The lowest BCUT2D eigenvalue weighted by atomic mass is 9.94. The van der Waals surface area contributed by atoms with E-state index in [4.69, 9.17) is 4.42 Å². The van der Waals surface area contributed by atoms with Crippen molar-refractivity contribution in [3.8, 4) is 0 Å². The lowest BCUT2D eigenvalue weighted by molar-refractivity contribution is 0.0577. The first kappa shape index (κ1) is 16.6. The van der Waals surface area contributed by atoms with Crippen molar-refractivity contribution in [1.29, 1.82) is 0 Å². The Morgan fingerprint density at radius 2 is 2.33 bits per heavy atom. The maximum Gasteiger partial charge on any atom is 0.315 e. The van der Waals surface area contributed by atoms with E-state index in [1.54, 1.807) is 19.9 Å². The van der Waals surface area contributed by atoms with Crippen LogP contribution in [0.25, 0.3) is 0 Å². The highest BCUT2D eigenvalue weighted by Gasteiger charge is 2.29. The van der Waals surface area contributed by atoms with Crippen LogP contribution in [0.1, 0.15) is 41.7 Å². The summed E-state index contributed by atoms with van der Waals surface area (Å²) in [7, 11) is 0. The molecular weight excluding hydrogens is 308 g/mol. The summed E-state index contributed by atoms with van der Waals surface area (Å²) in [5.41, 5.74) is 1.83. The summed E-state index contributed by atoms with van der Waals surface area (Å²) in [5, 5.41) is 23.4. The van der Waals surface area contributed by atoms with Crippen molar-refractivity contribution in [3.05, 3.63) is 40.6 Å². The maximum absolute atomic E-state index is 12.1. The predicted molar refractivity (Wildman–Crippen MR) is 88.7 cm³/mol. The minimum absolute atomic E-state index is 0.0814. The number of hydrogen-bond donors (Lipinski definition) is 4. The number of aromatic nitrogens is 2. The van der Waals surface area contributed by atoms with E-state index in [-0.39, 0.29) is 18.6 Å². The Hall–Kier alpha value is -2.28. The van der Waals surface area contributed by atoms with Gasteiger partial charge in [0.05, 0.1) is 12.7 Å². The SMILES string of the molecule is Cc1cc(C(C)(O)CNC(=O)NC2CCc3[nH]ncc3C2)c(C)o1. The number of rotatable bonds is 4. The van der Waals surface area contributed by atoms with Gasteiger partial charge < -0.3 is 20.2 Å². The molecule has 2 amide bonds. The highest BCUT2D eigenvalue weighted by atomic mass is 16.3. The highest BCUT2D eigenvalue weighted by molar-refractivity contribution is 5.74. The molecule has 24 heavy (non-hydrogen) atoms. The Bertz CT molecular complexity index is 732. The molecule has 0 radical (unpaired) electrons. The van der Waals surface area contributed by atoms with Crippen LogP contribution in [-0.2, 0) is 18.4 Å². The average molecular weight is 332 g/mol. The molecule has 0 fully saturated rings. The van der Waals surface area contributed by atoms with Crippen LogP contribution in [0.4, 0.5) is 4.79 Å².